The zero-order valence-electron chi connectivity index (χ0n) is 16.2. The third kappa shape index (κ3) is 3.94. The lowest BCUT2D eigenvalue weighted by atomic mass is 10.1. The summed E-state index contributed by atoms with van der Waals surface area (Å²) in [5.74, 6) is -0.171. The summed E-state index contributed by atoms with van der Waals surface area (Å²) in [4.78, 5) is 29.5. The molecule has 0 bridgehead atoms. The van der Waals surface area contributed by atoms with Crippen LogP contribution in [0, 0.1) is 13.8 Å². The quantitative estimate of drug-likeness (QED) is 0.563. The van der Waals surface area contributed by atoms with Gasteiger partial charge in [0.15, 0.2) is 0 Å². The van der Waals surface area contributed by atoms with Gasteiger partial charge in [0, 0.05) is 24.2 Å². The summed E-state index contributed by atoms with van der Waals surface area (Å²) < 4.78 is 6.62. The molecule has 29 heavy (non-hydrogen) atoms. The normalized spacial score (nSPS) is 11.0. The molecular formula is C22H20N4O3. The molecule has 0 aliphatic rings. The van der Waals surface area contributed by atoms with Gasteiger partial charge in [-0.25, -0.2) is 4.98 Å². The predicted molar refractivity (Wildman–Crippen MR) is 111 cm³/mol. The summed E-state index contributed by atoms with van der Waals surface area (Å²) in [6.07, 6.45) is 1.53. The molecule has 0 atom stereocenters. The first-order chi connectivity index (χ1) is 14.0. The van der Waals surface area contributed by atoms with Gasteiger partial charge in [0.1, 0.15) is 17.4 Å². The van der Waals surface area contributed by atoms with E-state index < -0.39 is 0 Å². The smallest absolute Gasteiger partial charge is 0.266 e. The molecule has 2 aromatic heterocycles. The average molecular weight is 388 g/mol. The molecule has 0 aliphatic heterocycles. The van der Waals surface area contributed by atoms with E-state index in [1.54, 1.807) is 0 Å². The molecule has 2 heterocycles. The van der Waals surface area contributed by atoms with Crippen molar-refractivity contribution in [2.45, 2.75) is 26.8 Å². The van der Waals surface area contributed by atoms with Crippen molar-refractivity contribution in [3.05, 3.63) is 76.3 Å². The molecule has 0 saturated carbocycles. The summed E-state index contributed by atoms with van der Waals surface area (Å²) in [5, 5.41) is 7.20. The Bertz CT molecular complexity index is 1220. The first-order valence-corrected chi connectivity index (χ1v) is 9.29. The number of fused-ring (bicyclic) bond motifs is 1. The van der Waals surface area contributed by atoms with Crippen molar-refractivity contribution in [3.63, 3.8) is 0 Å². The highest BCUT2D eigenvalue weighted by Crippen LogP contribution is 2.23. The van der Waals surface area contributed by atoms with Crippen LogP contribution < -0.4 is 10.9 Å². The second-order valence-electron chi connectivity index (χ2n) is 7.00. The van der Waals surface area contributed by atoms with E-state index >= 15 is 0 Å². The number of nitrogens with zero attached hydrogens (tertiary/aromatic N) is 3. The Labute approximate surface area is 167 Å². The largest absolute Gasteiger partial charge is 0.335 e. The number of nitrogens with one attached hydrogen (secondary N) is 1. The predicted octanol–water partition coefficient (Wildman–Crippen LogP) is 3.70. The van der Waals surface area contributed by atoms with Crippen LogP contribution in [0.25, 0.3) is 22.4 Å². The van der Waals surface area contributed by atoms with Crippen molar-refractivity contribution in [2.75, 3.05) is 5.32 Å². The van der Waals surface area contributed by atoms with Crippen LogP contribution in [0.15, 0.2) is 64.2 Å². The Morgan fingerprint density at radius 2 is 1.83 bits per heavy atom. The van der Waals surface area contributed by atoms with Gasteiger partial charge in [-0.05, 0) is 37.1 Å². The molecule has 0 unspecified atom stereocenters. The number of aryl methyl sites for hydroxylation is 3. The van der Waals surface area contributed by atoms with Crippen molar-refractivity contribution >= 4 is 22.7 Å². The van der Waals surface area contributed by atoms with Gasteiger partial charge in [0.2, 0.25) is 5.91 Å². The number of benzene rings is 2. The molecule has 1 N–H and O–H groups in total. The minimum absolute atomic E-state index is 0.145. The Kier molecular flexibility index (Phi) is 4.95. The molecular weight excluding hydrogens is 368 g/mol. The van der Waals surface area contributed by atoms with Crippen LogP contribution in [0.5, 0.6) is 0 Å². The van der Waals surface area contributed by atoms with E-state index in [0.29, 0.717) is 11.1 Å². The van der Waals surface area contributed by atoms with E-state index in [9.17, 15) is 9.59 Å². The summed E-state index contributed by atoms with van der Waals surface area (Å²) in [5.41, 5.74) is 4.03. The fourth-order valence-electron chi connectivity index (χ4n) is 3.33. The molecule has 4 rings (SSSR count). The third-order valence-electron chi connectivity index (χ3n) is 4.60. The standard InChI is InChI=1S/C22H20N4O3/c1-14-10-15(2)12-17(11-14)24-18(27)8-9-26-13-23-21-19(22(26)28)20(25-29-21)16-6-4-3-5-7-16/h3-7,10-13H,8-9H2,1-2H3,(H,24,27). The second-order valence-corrected chi connectivity index (χ2v) is 7.00. The molecule has 7 nitrogen and oxygen atoms in total. The van der Waals surface area contributed by atoms with Crippen molar-refractivity contribution in [3.8, 4) is 11.3 Å². The van der Waals surface area contributed by atoms with Gasteiger partial charge in [0.25, 0.3) is 11.3 Å². The van der Waals surface area contributed by atoms with Gasteiger partial charge >= 0.3 is 0 Å². The molecule has 0 fully saturated rings. The maximum Gasteiger partial charge on any atom is 0.266 e. The van der Waals surface area contributed by atoms with Crippen LogP contribution in [0.2, 0.25) is 0 Å². The van der Waals surface area contributed by atoms with Crippen molar-refractivity contribution in [1.29, 1.82) is 0 Å². The van der Waals surface area contributed by atoms with Crippen molar-refractivity contribution in [2.24, 2.45) is 0 Å². The van der Waals surface area contributed by atoms with Gasteiger partial charge in [0.05, 0.1) is 0 Å². The molecule has 146 valence electrons. The minimum Gasteiger partial charge on any atom is -0.335 e. The average Bonchev–Trinajstić information content (AvgIpc) is 3.12. The fraction of sp³-hybridized carbons (Fsp3) is 0.182. The monoisotopic (exact) mass is 388 g/mol. The number of hydrogen-bond acceptors (Lipinski definition) is 5. The van der Waals surface area contributed by atoms with Crippen LogP contribution in [0.3, 0.4) is 0 Å². The number of amides is 1. The molecule has 0 aliphatic carbocycles. The summed E-state index contributed by atoms with van der Waals surface area (Å²) in [6, 6.07) is 15.2. The van der Waals surface area contributed by atoms with E-state index in [1.807, 2.05) is 62.4 Å². The van der Waals surface area contributed by atoms with Crippen LogP contribution in [0.1, 0.15) is 17.5 Å². The van der Waals surface area contributed by atoms with Gasteiger partial charge in [-0.15, -0.1) is 0 Å². The Balaban J connectivity index is 1.55. The highest BCUT2D eigenvalue weighted by atomic mass is 16.5. The lowest BCUT2D eigenvalue weighted by Gasteiger charge is -2.08. The Morgan fingerprint density at radius 1 is 1.10 bits per heavy atom. The van der Waals surface area contributed by atoms with Crippen molar-refractivity contribution in [1.82, 2.24) is 14.7 Å². The number of rotatable bonds is 5. The topological polar surface area (TPSA) is 90.0 Å². The van der Waals surface area contributed by atoms with E-state index in [4.69, 9.17) is 4.52 Å². The van der Waals surface area contributed by atoms with Gasteiger partial charge in [-0.1, -0.05) is 41.6 Å². The SMILES string of the molecule is Cc1cc(C)cc(NC(=O)CCn2cnc3onc(-c4ccccc4)c3c2=O)c1. The maximum absolute atomic E-state index is 12.9. The van der Waals surface area contributed by atoms with Crippen molar-refractivity contribution < 1.29 is 9.32 Å². The highest BCUT2D eigenvalue weighted by Gasteiger charge is 2.17. The van der Waals surface area contributed by atoms with Crippen LogP contribution >= 0.6 is 0 Å². The maximum atomic E-state index is 12.9. The van der Waals surface area contributed by atoms with E-state index in [2.05, 4.69) is 15.5 Å². The van der Waals surface area contributed by atoms with E-state index in [1.165, 1.54) is 10.9 Å². The first kappa shape index (κ1) is 18.6. The van der Waals surface area contributed by atoms with Crippen LogP contribution in [-0.4, -0.2) is 20.6 Å². The number of aromatic nitrogens is 3. The molecule has 0 saturated heterocycles. The summed E-state index contributed by atoms with van der Waals surface area (Å²) in [7, 11) is 0. The lowest BCUT2D eigenvalue weighted by molar-refractivity contribution is -0.116. The molecule has 4 aromatic rings. The fourth-order valence-corrected chi connectivity index (χ4v) is 3.33. The van der Waals surface area contributed by atoms with Gasteiger partial charge in [-0.3, -0.25) is 14.2 Å². The number of anilines is 1. The summed E-state index contributed by atoms with van der Waals surface area (Å²) >= 11 is 0. The molecule has 2 aromatic carbocycles. The Hall–Kier alpha value is -3.74. The number of carbonyl (C=O) groups is 1. The number of carbonyl (C=O) groups excluding carboxylic acids is 1. The second kappa shape index (κ2) is 7.71. The van der Waals surface area contributed by atoms with Crippen LogP contribution in [-0.2, 0) is 11.3 Å². The number of hydrogen-bond donors (Lipinski definition) is 1. The van der Waals surface area contributed by atoms with Crippen LogP contribution in [0.4, 0.5) is 5.69 Å². The molecule has 0 spiro atoms. The lowest BCUT2D eigenvalue weighted by Crippen LogP contribution is -2.23. The zero-order valence-corrected chi connectivity index (χ0v) is 16.2. The summed E-state index contributed by atoms with van der Waals surface area (Å²) in [6.45, 7) is 4.16. The highest BCUT2D eigenvalue weighted by molar-refractivity contribution is 5.91. The first-order valence-electron chi connectivity index (χ1n) is 9.29. The molecule has 1 amide bonds. The third-order valence-corrected chi connectivity index (χ3v) is 4.60. The molecule has 0 radical (unpaired) electrons. The zero-order chi connectivity index (χ0) is 20.4. The van der Waals surface area contributed by atoms with Gasteiger partial charge in [-0.2, -0.15) is 0 Å². The Morgan fingerprint density at radius 3 is 2.55 bits per heavy atom. The van der Waals surface area contributed by atoms with E-state index in [-0.39, 0.29) is 30.1 Å². The molecule has 7 heteroatoms. The van der Waals surface area contributed by atoms with Gasteiger partial charge < -0.3 is 9.84 Å². The van der Waals surface area contributed by atoms with E-state index in [0.717, 1.165) is 22.4 Å². The minimum atomic E-state index is -0.283.